The fourth-order valence-corrected chi connectivity index (χ4v) is 4.74. The first-order valence-electron chi connectivity index (χ1n) is 9.40. The van der Waals surface area contributed by atoms with Gasteiger partial charge in [0.25, 0.3) is 0 Å². The molecule has 0 radical (unpaired) electrons. The molecule has 0 unspecified atom stereocenters. The third kappa shape index (κ3) is 3.45. The molecule has 0 saturated heterocycles. The summed E-state index contributed by atoms with van der Waals surface area (Å²) in [5.74, 6) is 0.631. The van der Waals surface area contributed by atoms with Gasteiger partial charge in [-0.25, -0.2) is 4.98 Å². The van der Waals surface area contributed by atoms with Crippen molar-refractivity contribution in [2.24, 2.45) is 0 Å². The molecule has 8 heteroatoms. The van der Waals surface area contributed by atoms with Crippen molar-refractivity contribution in [3.8, 4) is 11.4 Å². The average molecular weight is 436 g/mol. The van der Waals surface area contributed by atoms with Crippen molar-refractivity contribution in [1.82, 2.24) is 15.0 Å². The minimum absolute atomic E-state index is 0.161. The number of halogens is 1. The van der Waals surface area contributed by atoms with Gasteiger partial charge in [-0.05, 0) is 64.0 Å². The highest BCUT2D eigenvalue weighted by Gasteiger charge is 2.21. The number of nitrogens with two attached hydrogens (primary N) is 1. The molecule has 1 aliphatic rings. The molecular formula is C22H18ClN5OS. The highest BCUT2D eigenvalue weighted by atomic mass is 35.5. The molecular weight excluding hydrogens is 418 g/mol. The number of hydrogen-bond donors (Lipinski definition) is 2. The first-order valence-corrected chi connectivity index (χ1v) is 10.6. The van der Waals surface area contributed by atoms with Crippen LogP contribution in [0.4, 0.5) is 11.6 Å². The maximum Gasteiger partial charge on any atom is 0.224 e. The molecule has 3 aromatic carbocycles. The van der Waals surface area contributed by atoms with E-state index < -0.39 is 0 Å². The zero-order valence-electron chi connectivity index (χ0n) is 16.1. The quantitative estimate of drug-likeness (QED) is 0.458. The Bertz CT molecular complexity index is 1260. The van der Waals surface area contributed by atoms with Gasteiger partial charge in [0.1, 0.15) is 0 Å². The standard InChI is InChI=1S/C22H18ClN5OS/c1-25-14-5-7-15(8-6-14)30-22-27-20(26-21(24)28-22)19-16-4-2-3-12-10-29-11-13(18(12)16)9-17(19)23/h2-9,25H,10-11H2,1H3,(H2,24,26,27,28). The van der Waals surface area contributed by atoms with Crippen LogP contribution in [0.2, 0.25) is 5.02 Å². The predicted molar refractivity (Wildman–Crippen MR) is 121 cm³/mol. The van der Waals surface area contributed by atoms with E-state index in [0.717, 1.165) is 38.0 Å². The second-order valence-electron chi connectivity index (χ2n) is 6.90. The molecule has 4 aromatic rings. The van der Waals surface area contributed by atoms with Crippen LogP contribution >= 0.6 is 23.4 Å². The summed E-state index contributed by atoms with van der Waals surface area (Å²) in [5, 5.41) is 6.35. The predicted octanol–water partition coefficient (Wildman–Crippen LogP) is 5.15. The monoisotopic (exact) mass is 435 g/mol. The van der Waals surface area contributed by atoms with Gasteiger partial charge in [-0.1, -0.05) is 29.8 Å². The number of benzene rings is 3. The van der Waals surface area contributed by atoms with Gasteiger partial charge in [-0.2, -0.15) is 9.97 Å². The molecule has 0 fully saturated rings. The van der Waals surface area contributed by atoms with Gasteiger partial charge >= 0.3 is 0 Å². The summed E-state index contributed by atoms with van der Waals surface area (Å²) in [4.78, 5) is 14.4. The molecule has 0 amide bonds. The van der Waals surface area contributed by atoms with E-state index in [1.54, 1.807) is 0 Å². The van der Waals surface area contributed by atoms with Gasteiger partial charge in [-0.3, -0.25) is 0 Å². The number of rotatable bonds is 4. The van der Waals surface area contributed by atoms with Crippen molar-refractivity contribution < 1.29 is 4.74 Å². The number of ether oxygens (including phenoxy) is 1. The third-order valence-corrected chi connectivity index (χ3v) is 6.18. The summed E-state index contributed by atoms with van der Waals surface area (Å²) in [6.45, 7) is 1.12. The van der Waals surface area contributed by atoms with Crippen LogP contribution in [0.1, 0.15) is 11.1 Å². The van der Waals surface area contributed by atoms with Crippen LogP contribution in [0, 0.1) is 0 Å². The molecule has 2 heterocycles. The highest BCUT2D eigenvalue weighted by molar-refractivity contribution is 7.99. The van der Waals surface area contributed by atoms with E-state index in [-0.39, 0.29) is 5.95 Å². The minimum atomic E-state index is 0.161. The Balaban J connectivity index is 1.62. The van der Waals surface area contributed by atoms with Gasteiger partial charge in [0.2, 0.25) is 5.95 Å². The van der Waals surface area contributed by atoms with E-state index in [1.165, 1.54) is 11.8 Å². The van der Waals surface area contributed by atoms with Crippen LogP contribution in [-0.4, -0.2) is 22.0 Å². The van der Waals surface area contributed by atoms with Crippen molar-refractivity contribution in [3.05, 3.63) is 64.7 Å². The normalized spacial score (nSPS) is 12.9. The first kappa shape index (κ1) is 19.1. The SMILES string of the molecule is CNc1ccc(Sc2nc(N)nc(-c3c(Cl)cc4c5c(cccc35)COC4)n2)cc1. The molecule has 0 spiro atoms. The Morgan fingerprint density at radius 2 is 1.83 bits per heavy atom. The van der Waals surface area contributed by atoms with E-state index in [0.29, 0.717) is 29.2 Å². The van der Waals surface area contributed by atoms with E-state index in [9.17, 15) is 0 Å². The summed E-state index contributed by atoms with van der Waals surface area (Å²) in [5.41, 5.74) is 10.0. The van der Waals surface area contributed by atoms with E-state index >= 15 is 0 Å². The average Bonchev–Trinajstić information content (AvgIpc) is 2.74. The van der Waals surface area contributed by atoms with Gasteiger partial charge in [0.15, 0.2) is 11.0 Å². The lowest BCUT2D eigenvalue weighted by molar-refractivity contribution is 0.103. The number of nitrogens with zero attached hydrogens (tertiary/aromatic N) is 3. The summed E-state index contributed by atoms with van der Waals surface area (Å²) < 4.78 is 5.68. The zero-order valence-corrected chi connectivity index (χ0v) is 17.7. The number of nitrogen functional groups attached to an aromatic ring is 1. The molecule has 6 nitrogen and oxygen atoms in total. The van der Waals surface area contributed by atoms with Crippen LogP contribution in [0.3, 0.4) is 0 Å². The van der Waals surface area contributed by atoms with Crippen molar-refractivity contribution >= 4 is 45.8 Å². The summed E-state index contributed by atoms with van der Waals surface area (Å²) >= 11 is 8.12. The number of anilines is 2. The Morgan fingerprint density at radius 3 is 2.63 bits per heavy atom. The highest BCUT2D eigenvalue weighted by Crippen LogP contribution is 2.40. The maximum atomic E-state index is 6.69. The van der Waals surface area contributed by atoms with Crippen molar-refractivity contribution in [3.63, 3.8) is 0 Å². The smallest absolute Gasteiger partial charge is 0.224 e. The summed E-state index contributed by atoms with van der Waals surface area (Å²) in [7, 11) is 1.89. The second-order valence-corrected chi connectivity index (χ2v) is 8.35. The molecule has 150 valence electrons. The lowest BCUT2D eigenvalue weighted by Crippen LogP contribution is -2.06. The number of hydrogen-bond acceptors (Lipinski definition) is 7. The maximum absolute atomic E-state index is 6.69. The van der Waals surface area contributed by atoms with E-state index in [2.05, 4.69) is 26.3 Å². The number of nitrogens with one attached hydrogen (secondary N) is 1. The molecule has 1 aliphatic heterocycles. The largest absolute Gasteiger partial charge is 0.388 e. The molecule has 0 bridgehead atoms. The molecule has 30 heavy (non-hydrogen) atoms. The van der Waals surface area contributed by atoms with Crippen molar-refractivity contribution in [2.75, 3.05) is 18.1 Å². The lowest BCUT2D eigenvalue weighted by atomic mass is 9.94. The summed E-state index contributed by atoms with van der Waals surface area (Å²) in [6, 6.07) is 16.1. The van der Waals surface area contributed by atoms with Gasteiger partial charge in [-0.15, -0.1) is 0 Å². The van der Waals surface area contributed by atoms with Crippen LogP contribution < -0.4 is 11.1 Å². The van der Waals surface area contributed by atoms with E-state index in [4.69, 9.17) is 22.1 Å². The summed E-state index contributed by atoms with van der Waals surface area (Å²) in [6.07, 6.45) is 0. The Kier molecular flexibility index (Phi) is 4.94. The lowest BCUT2D eigenvalue weighted by Gasteiger charge is -2.20. The number of aromatic nitrogens is 3. The van der Waals surface area contributed by atoms with Crippen molar-refractivity contribution in [2.45, 2.75) is 23.3 Å². The van der Waals surface area contributed by atoms with Crippen LogP contribution in [0.15, 0.2) is 58.6 Å². The van der Waals surface area contributed by atoms with E-state index in [1.807, 2.05) is 49.5 Å². The fraction of sp³-hybridized carbons (Fsp3) is 0.136. The molecule has 0 atom stereocenters. The van der Waals surface area contributed by atoms with Gasteiger partial charge in [0.05, 0.1) is 18.2 Å². The molecule has 0 saturated carbocycles. The molecule has 3 N–H and O–H groups in total. The van der Waals surface area contributed by atoms with Gasteiger partial charge in [0, 0.05) is 23.2 Å². The molecule has 5 rings (SSSR count). The Morgan fingerprint density at radius 1 is 1.03 bits per heavy atom. The van der Waals surface area contributed by atoms with Crippen molar-refractivity contribution in [1.29, 1.82) is 0 Å². The van der Waals surface area contributed by atoms with Gasteiger partial charge < -0.3 is 15.8 Å². The molecule has 1 aromatic heterocycles. The fourth-order valence-electron chi connectivity index (χ4n) is 3.67. The third-order valence-electron chi connectivity index (χ3n) is 5.00. The van der Waals surface area contributed by atoms with Crippen LogP contribution in [0.25, 0.3) is 22.2 Å². The first-order chi connectivity index (χ1) is 14.6. The van der Waals surface area contributed by atoms with Crippen LogP contribution in [0.5, 0.6) is 0 Å². The topological polar surface area (TPSA) is 86.0 Å². The second kappa shape index (κ2) is 7.75. The van der Waals surface area contributed by atoms with Crippen LogP contribution in [-0.2, 0) is 18.0 Å². The zero-order chi connectivity index (χ0) is 20.7. The Hall–Kier alpha value is -2.87. The Labute approximate surface area is 182 Å². The minimum Gasteiger partial charge on any atom is -0.388 e. The molecule has 0 aliphatic carbocycles.